The third-order valence-electron chi connectivity index (χ3n) is 4.54. The van der Waals surface area contributed by atoms with Gasteiger partial charge in [-0.25, -0.2) is 0 Å². The van der Waals surface area contributed by atoms with E-state index in [-0.39, 0.29) is 11.6 Å². The molecule has 0 heterocycles. The van der Waals surface area contributed by atoms with Crippen LogP contribution in [0, 0.1) is 0 Å². The molecule has 0 aliphatic carbocycles. The molecular weight excluding hydrogens is 392 g/mol. The van der Waals surface area contributed by atoms with Crippen molar-refractivity contribution < 1.29 is 14.3 Å². The molecule has 0 aliphatic rings. The van der Waals surface area contributed by atoms with E-state index in [1.54, 1.807) is 61.4 Å². The summed E-state index contributed by atoms with van der Waals surface area (Å²) in [6, 6.07) is 22.2. The first-order valence-corrected chi connectivity index (χ1v) is 10.6. The van der Waals surface area contributed by atoms with E-state index in [1.807, 2.05) is 54.8 Å². The molecule has 150 valence electrons. The van der Waals surface area contributed by atoms with Gasteiger partial charge in [-0.1, -0.05) is 60.7 Å². The molecule has 0 unspecified atom stereocenters. The van der Waals surface area contributed by atoms with Gasteiger partial charge in [0, 0.05) is 16.0 Å². The number of ether oxygens (including phenoxy) is 1. The molecule has 0 N–H and O–H groups in total. The zero-order chi connectivity index (χ0) is 21.3. The van der Waals surface area contributed by atoms with Crippen molar-refractivity contribution in [3.63, 3.8) is 0 Å². The van der Waals surface area contributed by atoms with Crippen molar-refractivity contribution in [3.05, 3.63) is 107 Å². The molecule has 0 atom stereocenters. The topological polar surface area (TPSA) is 43.4 Å². The first-order valence-electron chi connectivity index (χ1n) is 9.42. The van der Waals surface area contributed by atoms with E-state index in [0.717, 1.165) is 16.9 Å². The lowest BCUT2D eigenvalue weighted by molar-refractivity contribution is 0.103. The van der Waals surface area contributed by atoms with E-state index in [0.29, 0.717) is 11.1 Å². The molecule has 0 aliphatic heterocycles. The van der Waals surface area contributed by atoms with Crippen LogP contribution < -0.4 is 4.74 Å². The highest BCUT2D eigenvalue weighted by Crippen LogP contribution is 2.16. The Morgan fingerprint density at radius 3 is 1.53 bits per heavy atom. The van der Waals surface area contributed by atoms with Crippen LogP contribution in [-0.4, -0.2) is 24.9 Å². The minimum absolute atomic E-state index is 0.100. The summed E-state index contributed by atoms with van der Waals surface area (Å²) in [5.74, 6) is 0.552. The lowest BCUT2D eigenvalue weighted by Crippen LogP contribution is -1.98. The average molecular weight is 415 g/mol. The van der Waals surface area contributed by atoms with Crippen LogP contribution in [-0.2, 0) is 0 Å². The van der Waals surface area contributed by atoms with Gasteiger partial charge in [0.1, 0.15) is 5.75 Å². The van der Waals surface area contributed by atoms with E-state index in [4.69, 9.17) is 4.74 Å². The molecule has 4 heteroatoms. The second-order valence-electron chi connectivity index (χ2n) is 6.52. The predicted molar refractivity (Wildman–Crippen MR) is 124 cm³/mol. The Labute approximate surface area is 181 Å². The number of carbonyl (C=O) groups is 2. The molecule has 0 spiro atoms. The van der Waals surface area contributed by atoms with Crippen LogP contribution in [0.1, 0.15) is 31.8 Å². The van der Waals surface area contributed by atoms with Crippen LogP contribution >= 0.6 is 11.8 Å². The molecule has 3 aromatic carbocycles. The number of hydrogen-bond acceptors (Lipinski definition) is 4. The Hall–Kier alpha value is -3.37. The summed E-state index contributed by atoms with van der Waals surface area (Å²) in [4.78, 5) is 25.9. The van der Waals surface area contributed by atoms with Crippen molar-refractivity contribution in [1.82, 2.24) is 0 Å². The van der Waals surface area contributed by atoms with E-state index in [2.05, 4.69) is 0 Å². The Morgan fingerprint density at radius 1 is 0.700 bits per heavy atom. The first kappa shape index (κ1) is 21.3. The summed E-state index contributed by atoms with van der Waals surface area (Å²) < 4.78 is 5.12. The van der Waals surface area contributed by atoms with Gasteiger partial charge in [-0.3, -0.25) is 9.59 Å². The molecule has 0 aromatic heterocycles. The van der Waals surface area contributed by atoms with Gasteiger partial charge < -0.3 is 4.74 Å². The molecule has 30 heavy (non-hydrogen) atoms. The molecule has 0 saturated carbocycles. The normalized spacial score (nSPS) is 11.1. The number of carbonyl (C=O) groups excluding carboxylic acids is 2. The molecule has 0 bridgehead atoms. The van der Waals surface area contributed by atoms with Crippen LogP contribution in [0.4, 0.5) is 0 Å². The Balaban J connectivity index is 1.62. The van der Waals surface area contributed by atoms with Crippen molar-refractivity contribution in [2.24, 2.45) is 0 Å². The van der Waals surface area contributed by atoms with Crippen LogP contribution in [0.3, 0.4) is 0 Å². The number of benzene rings is 3. The third-order valence-corrected chi connectivity index (χ3v) is 5.28. The van der Waals surface area contributed by atoms with E-state index in [1.165, 1.54) is 11.0 Å². The number of methoxy groups -OCH3 is 1. The van der Waals surface area contributed by atoms with Gasteiger partial charge in [-0.15, -0.1) is 11.8 Å². The monoisotopic (exact) mass is 414 g/mol. The summed E-state index contributed by atoms with van der Waals surface area (Å²) in [5.41, 5.74) is 2.96. The van der Waals surface area contributed by atoms with Gasteiger partial charge in [0.2, 0.25) is 0 Å². The van der Waals surface area contributed by atoms with Gasteiger partial charge in [-0.2, -0.15) is 0 Å². The van der Waals surface area contributed by atoms with Gasteiger partial charge in [0.15, 0.2) is 11.6 Å². The van der Waals surface area contributed by atoms with E-state index < -0.39 is 0 Å². The Bertz CT molecular complexity index is 972. The number of rotatable bonds is 8. The van der Waals surface area contributed by atoms with E-state index >= 15 is 0 Å². The van der Waals surface area contributed by atoms with Crippen molar-refractivity contribution >= 4 is 35.5 Å². The molecule has 0 amide bonds. The Morgan fingerprint density at radius 2 is 1.13 bits per heavy atom. The zero-order valence-corrected chi connectivity index (χ0v) is 17.7. The zero-order valence-electron chi connectivity index (χ0n) is 16.9. The number of ketones is 2. The molecule has 3 aromatic rings. The second-order valence-corrected chi connectivity index (χ2v) is 7.40. The summed E-state index contributed by atoms with van der Waals surface area (Å²) in [7, 11) is 1.61. The number of thioether (sulfide) groups is 1. The van der Waals surface area contributed by atoms with Crippen molar-refractivity contribution in [2.75, 3.05) is 13.4 Å². The summed E-state index contributed by atoms with van der Waals surface area (Å²) in [6.45, 7) is 0. The molecule has 3 rings (SSSR count). The van der Waals surface area contributed by atoms with Gasteiger partial charge in [0.25, 0.3) is 0 Å². The quantitative estimate of drug-likeness (QED) is 0.250. The molecule has 3 nitrogen and oxygen atoms in total. The van der Waals surface area contributed by atoms with Crippen LogP contribution in [0.15, 0.2) is 89.8 Å². The van der Waals surface area contributed by atoms with Crippen LogP contribution in [0.5, 0.6) is 5.75 Å². The number of allylic oxidation sites excluding steroid dienone is 2. The fourth-order valence-electron chi connectivity index (χ4n) is 2.77. The van der Waals surface area contributed by atoms with Crippen molar-refractivity contribution in [2.45, 2.75) is 4.90 Å². The average Bonchev–Trinajstić information content (AvgIpc) is 2.81. The molecule has 0 saturated heterocycles. The first-order chi connectivity index (χ1) is 14.6. The third kappa shape index (κ3) is 5.82. The highest BCUT2D eigenvalue weighted by molar-refractivity contribution is 7.98. The van der Waals surface area contributed by atoms with E-state index in [9.17, 15) is 9.59 Å². The molecule has 0 radical (unpaired) electrons. The molecule has 0 fully saturated rings. The lowest BCUT2D eigenvalue weighted by atomic mass is 10.0. The number of hydrogen-bond donors (Lipinski definition) is 0. The lowest BCUT2D eigenvalue weighted by Gasteiger charge is -2.01. The summed E-state index contributed by atoms with van der Waals surface area (Å²) in [5, 5.41) is 0. The van der Waals surface area contributed by atoms with Crippen molar-refractivity contribution in [3.8, 4) is 5.75 Å². The fourth-order valence-corrected chi connectivity index (χ4v) is 3.17. The maximum Gasteiger partial charge on any atom is 0.185 e. The highest BCUT2D eigenvalue weighted by atomic mass is 32.2. The van der Waals surface area contributed by atoms with Gasteiger partial charge >= 0.3 is 0 Å². The molecular formula is C26H22O3S. The minimum atomic E-state index is -0.116. The maximum absolute atomic E-state index is 12.4. The van der Waals surface area contributed by atoms with Crippen molar-refractivity contribution in [1.29, 1.82) is 0 Å². The van der Waals surface area contributed by atoms with Gasteiger partial charge in [0.05, 0.1) is 7.11 Å². The van der Waals surface area contributed by atoms with Crippen LogP contribution in [0.2, 0.25) is 0 Å². The minimum Gasteiger partial charge on any atom is -0.497 e. The SMILES string of the molecule is COc1ccc(/C=C/C(=O)c2ccc(C(=O)/C=C/c3ccc(SC)cc3)cc2)cc1. The summed E-state index contributed by atoms with van der Waals surface area (Å²) in [6.07, 6.45) is 8.65. The van der Waals surface area contributed by atoms with Gasteiger partial charge in [-0.05, 0) is 53.8 Å². The smallest absolute Gasteiger partial charge is 0.185 e. The second kappa shape index (κ2) is 10.4. The maximum atomic E-state index is 12.4. The van der Waals surface area contributed by atoms with Crippen LogP contribution in [0.25, 0.3) is 12.2 Å². The Kier molecular flexibility index (Phi) is 7.41. The largest absolute Gasteiger partial charge is 0.497 e. The highest BCUT2D eigenvalue weighted by Gasteiger charge is 2.05. The predicted octanol–water partition coefficient (Wildman–Crippen LogP) is 6.21. The fraction of sp³-hybridized carbons (Fsp3) is 0.0769. The standard InChI is InChI=1S/C26H22O3S/c1-29-23-13-3-19(4-14-23)7-17-25(27)21-9-11-22(12-10-21)26(28)18-8-20-5-15-24(30-2)16-6-20/h3-18H,1-2H3/b17-7+,18-8+. The summed E-state index contributed by atoms with van der Waals surface area (Å²) >= 11 is 1.68.